The highest BCUT2D eigenvalue weighted by Crippen LogP contribution is 2.15. The molecule has 7 nitrogen and oxygen atoms in total. The third kappa shape index (κ3) is 3.33. The van der Waals surface area contributed by atoms with Gasteiger partial charge in [0.25, 0.3) is 5.56 Å². The van der Waals surface area contributed by atoms with E-state index >= 15 is 0 Å². The number of para-hydroxylation sites is 1. The number of aryl methyl sites for hydroxylation is 1. The van der Waals surface area contributed by atoms with Crippen LogP contribution < -0.4 is 5.56 Å². The summed E-state index contributed by atoms with van der Waals surface area (Å²) in [5.74, 6) is 0.624. The Morgan fingerprint density at radius 2 is 2.15 bits per heavy atom. The van der Waals surface area contributed by atoms with Crippen LogP contribution in [0.15, 0.2) is 29.1 Å². The molecule has 3 heterocycles. The molecule has 27 heavy (non-hydrogen) atoms. The summed E-state index contributed by atoms with van der Waals surface area (Å²) in [4.78, 5) is 15.3. The predicted octanol–water partition coefficient (Wildman–Crippen LogP) is 2.66. The van der Waals surface area contributed by atoms with Gasteiger partial charge in [0.15, 0.2) is 0 Å². The molecule has 1 aliphatic rings. The summed E-state index contributed by atoms with van der Waals surface area (Å²) < 4.78 is 11.8. The van der Waals surface area contributed by atoms with E-state index in [0.29, 0.717) is 35.8 Å². The Morgan fingerprint density at radius 1 is 1.33 bits per heavy atom. The van der Waals surface area contributed by atoms with Crippen molar-refractivity contribution in [1.29, 1.82) is 0 Å². The minimum absolute atomic E-state index is 0.00121. The quantitative estimate of drug-likeness (QED) is 0.630. The number of aromatic nitrogens is 4. The summed E-state index contributed by atoms with van der Waals surface area (Å²) in [6.07, 6.45) is 2.14. The van der Waals surface area contributed by atoms with Crippen LogP contribution in [0, 0.1) is 4.77 Å². The van der Waals surface area contributed by atoms with Crippen molar-refractivity contribution in [1.82, 2.24) is 23.6 Å². The smallest absolute Gasteiger partial charge is 0.262 e. The van der Waals surface area contributed by atoms with Gasteiger partial charge in [0, 0.05) is 19.6 Å². The van der Waals surface area contributed by atoms with Gasteiger partial charge in [-0.3, -0.25) is 18.7 Å². The second-order valence-corrected chi connectivity index (χ2v) is 7.51. The number of ether oxygens (including phenoxy) is 1. The molecule has 1 atom stereocenters. The Hall–Kier alpha value is -2.03. The maximum absolute atomic E-state index is 13.0. The highest BCUT2D eigenvalue weighted by Gasteiger charge is 2.20. The number of rotatable bonds is 5. The van der Waals surface area contributed by atoms with E-state index in [1.807, 2.05) is 33.3 Å². The molecular formula is C19H25N5O2S. The van der Waals surface area contributed by atoms with E-state index in [2.05, 4.69) is 18.7 Å². The Kier molecular flexibility index (Phi) is 5.12. The van der Waals surface area contributed by atoms with Gasteiger partial charge in [-0.15, -0.1) is 5.10 Å². The molecule has 1 aromatic carbocycles. The summed E-state index contributed by atoms with van der Waals surface area (Å²) >= 11 is 5.76. The van der Waals surface area contributed by atoms with Gasteiger partial charge in [0.1, 0.15) is 0 Å². The fraction of sp³-hybridized carbons (Fsp3) is 0.526. The van der Waals surface area contributed by atoms with Crippen molar-refractivity contribution in [2.24, 2.45) is 0 Å². The van der Waals surface area contributed by atoms with Gasteiger partial charge in [0.2, 0.25) is 10.5 Å². The molecule has 2 aromatic heterocycles. The number of nitrogens with zero attached hydrogens (tertiary/aromatic N) is 5. The third-order valence-electron chi connectivity index (χ3n) is 5.08. The topological polar surface area (TPSA) is 56.7 Å². The standard InChI is InChI=1S/C19H25N5O2S/c1-3-4-9-22-17(25)15-7-5-6-8-16(15)24-18(22)20-23(19(24)27)13-21-10-11-26-14(2)12-21/h5-8,14H,3-4,9-13H2,1-2H3. The fourth-order valence-corrected chi connectivity index (χ4v) is 3.96. The normalized spacial score (nSPS) is 18.5. The van der Waals surface area contributed by atoms with Gasteiger partial charge in [-0.1, -0.05) is 25.5 Å². The van der Waals surface area contributed by atoms with E-state index in [1.165, 1.54) is 0 Å². The SMILES string of the molecule is CCCCn1c(=O)c2ccccc2n2c(=S)n(CN3CCOC(C)C3)nc12. The monoisotopic (exact) mass is 387 g/mol. The maximum Gasteiger partial charge on any atom is 0.262 e. The lowest BCUT2D eigenvalue weighted by Crippen LogP contribution is -2.42. The second-order valence-electron chi connectivity index (χ2n) is 7.14. The Labute approximate surface area is 162 Å². The average molecular weight is 388 g/mol. The summed E-state index contributed by atoms with van der Waals surface area (Å²) in [6, 6.07) is 7.62. The van der Waals surface area contributed by atoms with Gasteiger partial charge >= 0.3 is 0 Å². The predicted molar refractivity (Wildman–Crippen MR) is 108 cm³/mol. The largest absolute Gasteiger partial charge is 0.376 e. The van der Waals surface area contributed by atoms with Crippen molar-refractivity contribution in [3.05, 3.63) is 39.4 Å². The van der Waals surface area contributed by atoms with Crippen LogP contribution in [-0.2, 0) is 18.0 Å². The molecule has 8 heteroatoms. The van der Waals surface area contributed by atoms with Crippen molar-refractivity contribution < 1.29 is 4.74 Å². The molecule has 0 spiro atoms. The molecule has 0 aliphatic carbocycles. The summed E-state index contributed by atoms with van der Waals surface area (Å²) in [6.45, 7) is 7.85. The molecule has 0 bridgehead atoms. The van der Waals surface area contributed by atoms with Crippen LogP contribution in [0.2, 0.25) is 0 Å². The van der Waals surface area contributed by atoms with Gasteiger partial charge in [-0.2, -0.15) is 0 Å². The Bertz CT molecular complexity index is 1080. The van der Waals surface area contributed by atoms with Crippen molar-refractivity contribution >= 4 is 28.9 Å². The first-order valence-electron chi connectivity index (χ1n) is 9.55. The van der Waals surface area contributed by atoms with Crippen molar-refractivity contribution in [2.45, 2.75) is 46.0 Å². The number of unbranched alkanes of at least 4 members (excludes halogenated alkanes) is 1. The molecular weight excluding hydrogens is 362 g/mol. The molecule has 1 fully saturated rings. The molecule has 4 rings (SSSR count). The summed E-state index contributed by atoms with van der Waals surface area (Å²) in [7, 11) is 0. The molecule has 0 amide bonds. The Balaban J connectivity index is 1.88. The first-order chi connectivity index (χ1) is 13.1. The molecule has 0 radical (unpaired) electrons. The highest BCUT2D eigenvalue weighted by atomic mass is 32.1. The maximum atomic E-state index is 13.0. The van der Waals surface area contributed by atoms with E-state index in [-0.39, 0.29) is 11.7 Å². The van der Waals surface area contributed by atoms with Crippen LogP contribution in [-0.4, -0.2) is 49.4 Å². The van der Waals surface area contributed by atoms with Gasteiger partial charge in [-0.05, 0) is 37.7 Å². The van der Waals surface area contributed by atoms with Crippen LogP contribution in [0.1, 0.15) is 26.7 Å². The number of hydrogen-bond acceptors (Lipinski definition) is 5. The fourth-order valence-electron chi connectivity index (χ4n) is 3.69. The summed E-state index contributed by atoms with van der Waals surface area (Å²) in [5, 5.41) is 5.43. The van der Waals surface area contributed by atoms with Crippen LogP contribution in [0.5, 0.6) is 0 Å². The van der Waals surface area contributed by atoms with Crippen LogP contribution >= 0.6 is 12.2 Å². The van der Waals surface area contributed by atoms with E-state index in [1.54, 1.807) is 4.57 Å². The summed E-state index contributed by atoms with van der Waals surface area (Å²) in [5.41, 5.74) is 0.815. The lowest BCUT2D eigenvalue weighted by Gasteiger charge is -2.30. The van der Waals surface area contributed by atoms with Crippen molar-refractivity contribution in [3.63, 3.8) is 0 Å². The average Bonchev–Trinajstić information content (AvgIpc) is 2.98. The molecule has 0 N–H and O–H groups in total. The zero-order valence-electron chi connectivity index (χ0n) is 15.8. The minimum atomic E-state index is -0.00121. The number of morpholine rings is 1. The zero-order valence-corrected chi connectivity index (χ0v) is 16.6. The molecule has 1 unspecified atom stereocenters. The molecule has 144 valence electrons. The van der Waals surface area contributed by atoms with E-state index in [9.17, 15) is 4.79 Å². The van der Waals surface area contributed by atoms with Crippen molar-refractivity contribution in [3.8, 4) is 0 Å². The highest BCUT2D eigenvalue weighted by molar-refractivity contribution is 7.71. The van der Waals surface area contributed by atoms with Crippen LogP contribution in [0.25, 0.3) is 16.7 Å². The minimum Gasteiger partial charge on any atom is -0.376 e. The number of fused-ring (bicyclic) bond motifs is 3. The second kappa shape index (κ2) is 7.53. The van der Waals surface area contributed by atoms with Crippen LogP contribution in [0.3, 0.4) is 0 Å². The van der Waals surface area contributed by atoms with Gasteiger partial charge < -0.3 is 4.74 Å². The number of benzene rings is 1. The lowest BCUT2D eigenvalue weighted by molar-refractivity contribution is -0.0306. The lowest BCUT2D eigenvalue weighted by atomic mass is 10.2. The number of hydrogen-bond donors (Lipinski definition) is 0. The Morgan fingerprint density at radius 3 is 2.93 bits per heavy atom. The van der Waals surface area contributed by atoms with Gasteiger partial charge in [-0.25, -0.2) is 4.68 Å². The zero-order chi connectivity index (χ0) is 19.0. The molecule has 1 aliphatic heterocycles. The van der Waals surface area contributed by atoms with E-state index in [4.69, 9.17) is 22.1 Å². The first-order valence-corrected chi connectivity index (χ1v) is 9.96. The molecule has 0 saturated carbocycles. The first kappa shape index (κ1) is 18.3. The van der Waals surface area contributed by atoms with Crippen molar-refractivity contribution in [2.75, 3.05) is 19.7 Å². The molecule has 1 saturated heterocycles. The molecule has 3 aromatic rings. The van der Waals surface area contributed by atoms with E-state index in [0.717, 1.165) is 31.4 Å². The van der Waals surface area contributed by atoms with Crippen LogP contribution in [0.4, 0.5) is 0 Å². The van der Waals surface area contributed by atoms with Gasteiger partial charge in [0.05, 0.1) is 30.3 Å². The van der Waals surface area contributed by atoms with E-state index < -0.39 is 0 Å². The third-order valence-corrected chi connectivity index (χ3v) is 5.47.